The van der Waals surface area contributed by atoms with Crippen molar-refractivity contribution < 1.29 is 9.90 Å². The molecule has 0 amide bonds. The largest absolute Gasteiger partial charge is 0.478 e. The maximum atomic E-state index is 11.0. The second-order valence-electron chi connectivity index (χ2n) is 4.11. The number of hydrogen-bond acceptors (Lipinski definition) is 1. The number of pyridine rings is 1. The summed E-state index contributed by atoms with van der Waals surface area (Å²) in [5.41, 5.74) is 3.24. The number of carboxylic acid groups (broad SMARTS) is 1. The molecule has 0 spiro atoms. The van der Waals surface area contributed by atoms with Crippen LogP contribution in [0.15, 0.2) is 60.8 Å². The van der Waals surface area contributed by atoms with Gasteiger partial charge in [0.05, 0.1) is 11.3 Å². The molecule has 0 saturated heterocycles. The highest BCUT2D eigenvalue weighted by Crippen LogP contribution is 2.22. The highest BCUT2D eigenvalue weighted by molar-refractivity contribution is 5.90. The summed E-state index contributed by atoms with van der Waals surface area (Å²) in [5, 5.41) is 9.03. The van der Waals surface area contributed by atoms with Crippen LogP contribution in [0.2, 0.25) is 0 Å². The first-order chi connectivity index (χ1) is 8.75. The lowest BCUT2D eigenvalue weighted by Crippen LogP contribution is -1.93. The van der Waals surface area contributed by atoms with Crippen LogP contribution in [-0.2, 0) is 0 Å². The Morgan fingerprint density at radius 1 is 1.00 bits per heavy atom. The Hall–Kier alpha value is -2.55. The van der Waals surface area contributed by atoms with E-state index in [0.29, 0.717) is 5.56 Å². The zero-order valence-electron chi connectivity index (χ0n) is 9.58. The zero-order valence-corrected chi connectivity index (χ0v) is 9.58. The first-order valence-corrected chi connectivity index (χ1v) is 5.65. The van der Waals surface area contributed by atoms with E-state index < -0.39 is 5.97 Å². The molecule has 0 atom stereocenters. The molecule has 0 bridgehead atoms. The van der Waals surface area contributed by atoms with Crippen LogP contribution in [0.25, 0.3) is 16.8 Å². The summed E-state index contributed by atoms with van der Waals surface area (Å²) in [6, 6.07) is 17.4. The molecule has 0 aliphatic carbocycles. The summed E-state index contributed by atoms with van der Waals surface area (Å²) in [7, 11) is 0. The minimum Gasteiger partial charge on any atom is -0.478 e. The molecule has 0 saturated carbocycles. The Kier molecular flexibility index (Phi) is 2.38. The third-order valence-corrected chi connectivity index (χ3v) is 2.95. The molecule has 88 valence electrons. The highest BCUT2D eigenvalue weighted by atomic mass is 16.4. The van der Waals surface area contributed by atoms with Gasteiger partial charge in [-0.25, -0.2) is 4.79 Å². The Morgan fingerprint density at radius 2 is 1.78 bits per heavy atom. The minimum atomic E-state index is -0.905. The molecule has 0 fully saturated rings. The summed E-state index contributed by atoms with van der Waals surface area (Å²) in [6.07, 6.45) is 1.65. The van der Waals surface area contributed by atoms with Gasteiger partial charge in [0.15, 0.2) is 0 Å². The molecular formula is C15H11NO2. The number of carboxylic acids is 1. The van der Waals surface area contributed by atoms with Crippen molar-refractivity contribution in [2.45, 2.75) is 0 Å². The molecule has 2 aromatic heterocycles. The lowest BCUT2D eigenvalue weighted by atomic mass is 10.1. The van der Waals surface area contributed by atoms with Crippen molar-refractivity contribution in [2.75, 3.05) is 0 Å². The van der Waals surface area contributed by atoms with Crippen molar-refractivity contribution in [1.29, 1.82) is 0 Å². The maximum Gasteiger partial charge on any atom is 0.337 e. The van der Waals surface area contributed by atoms with Crippen molar-refractivity contribution in [2.24, 2.45) is 0 Å². The second kappa shape index (κ2) is 4.04. The van der Waals surface area contributed by atoms with Gasteiger partial charge in [-0.05, 0) is 23.8 Å². The fourth-order valence-electron chi connectivity index (χ4n) is 2.10. The number of hydrogen-bond donors (Lipinski definition) is 1. The Balaban J connectivity index is 2.27. The summed E-state index contributed by atoms with van der Waals surface area (Å²) >= 11 is 0. The van der Waals surface area contributed by atoms with E-state index in [4.69, 9.17) is 5.11 Å². The molecule has 0 aliphatic heterocycles. The van der Waals surface area contributed by atoms with Crippen LogP contribution >= 0.6 is 0 Å². The summed E-state index contributed by atoms with van der Waals surface area (Å²) in [5.74, 6) is -0.905. The third-order valence-electron chi connectivity index (χ3n) is 2.95. The Bertz CT molecular complexity index is 714. The number of aromatic nitrogens is 1. The van der Waals surface area contributed by atoms with Crippen LogP contribution in [0.3, 0.4) is 0 Å². The third kappa shape index (κ3) is 1.66. The van der Waals surface area contributed by atoms with Crippen LogP contribution in [0.5, 0.6) is 0 Å². The molecule has 1 N–H and O–H groups in total. The van der Waals surface area contributed by atoms with Gasteiger partial charge in [-0.15, -0.1) is 0 Å². The number of carbonyl (C=O) groups is 1. The lowest BCUT2D eigenvalue weighted by Gasteiger charge is -2.05. The average molecular weight is 237 g/mol. The lowest BCUT2D eigenvalue weighted by molar-refractivity contribution is 0.0697. The molecule has 3 nitrogen and oxygen atoms in total. The monoisotopic (exact) mass is 237 g/mol. The standard InChI is InChI=1S/C15H11NO2/c17-15(18)12-9-13-7-4-8-14(16(13)10-12)11-5-2-1-3-6-11/h1-10H,(H,17,18). The van der Waals surface area contributed by atoms with Crippen LogP contribution in [0, 0.1) is 0 Å². The average Bonchev–Trinajstić information content (AvgIpc) is 2.83. The van der Waals surface area contributed by atoms with Gasteiger partial charge in [0.1, 0.15) is 0 Å². The van der Waals surface area contributed by atoms with E-state index >= 15 is 0 Å². The molecule has 3 aromatic rings. The van der Waals surface area contributed by atoms with Gasteiger partial charge in [-0.1, -0.05) is 36.4 Å². The predicted molar refractivity (Wildman–Crippen MR) is 69.8 cm³/mol. The number of aromatic carboxylic acids is 1. The summed E-state index contributed by atoms with van der Waals surface area (Å²) in [4.78, 5) is 11.0. The normalized spacial score (nSPS) is 10.7. The van der Waals surface area contributed by atoms with E-state index in [1.807, 2.05) is 52.9 Å². The Labute approximate surface area is 104 Å². The van der Waals surface area contributed by atoms with Crippen molar-refractivity contribution >= 4 is 11.5 Å². The van der Waals surface area contributed by atoms with E-state index in [9.17, 15) is 4.79 Å². The van der Waals surface area contributed by atoms with Crippen LogP contribution in [-0.4, -0.2) is 15.5 Å². The zero-order chi connectivity index (χ0) is 12.5. The van der Waals surface area contributed by atoms with E-state index in [0.717, 1.165) is 16.8 Å². The van der Waals surface area contributed by atoms with Gasteiger partial charge in [-0.2, -0.15) is 0 Å². The number of rotatable bonds is 2. The number of benzene rings is 1. The molecule has 0 aliphatic rings. The van der Waals surface area contributed by atoms with Gasteiger partial charge in [0.25, 0.3) is 0 Å². The van der Waals surface area contributed by atoms with Gasteiger partial charge >= 0.3 is 5.97 Å². The SMILES string of the molecule is O=C(O)c1cc2cccc(-c3ccccc3)n2c1. The Morgan fingerprint density at radius 3 is 2.50 bits per heavy atom. The van der Waals surface area contributed by atoms with Gasteiger partial charge in [0.2, 0.25) is 0 Å². The summed E-state index contributed by atoms with van der Waals surface area (Å²) in [6.45, 7) is 0. The fraction of sp³-hybridized carbons (Fsp3) is 0. The fourth-order valence-corrected chi connectivity index (χ4v) is 2.10. The molecule has 0 radical (unpaired) electrons. The summed E-state index contributed by atoms with van der Waals surface area (Å²) < 4.78 is 1.90. The molecule has 0 unspecified atom stereocenters. The van der Waals surface area contributed by atoms with Gasteiger partial charge in [0, 0.05) is 11.7 Å². The van der Waals surface area contributed by atoms with Crippen molar-refractivity contribution in [3.05, 3.63) is 66.4 Å². The van der Waals surface area contributed by atoms with Crippen molar-refractivity contribution in [3.8, 4) is 11.3 Å². The topological polar surface area (TPSA) is 41.7 Å². The molecular weight excluding hydrogens is 226 g/mol. The molecule has 3 heteroatoms. The van der Waals surface area contributed by atoms with E-state index in [1.54, 1.807) is 12.3 Å². The molecule has 1 aromatic carbocycles. The van der Waals surface area contributed by atoms with Crippen LogP contribution in [0.4, 0.5) is 0 Å². The smallest absolute Gasteiger partial charge is 0.337 e. The van der Waals surface area contributed by atoms with Crippen LogP contribution < -0.4 is 0 Å². The molecule has 2 heterocycles. The van der Waals surface area contributed by atoms with Gasteiger partial charge in [-0.3, -0.25) is 0 Å². The van der Waals surface area contributed by atoms with Crippen molar-refractivity contribution in [3.63, 3.8) is 0 Å². The number of nitrogens with zero attached hydrogens (tertiary/aromatic N) is 1. The van der Waals surface area contributed by atoms with Gasteiger partial charge < -0.3 is 9.51 Å². The minimum absolute atomic E-state index is 0.304. The van der Waals surface area contributed by atoms with E-state index in [2.05, 4.69) is 0 Å². The first-order valence-electron chi connectivity index (χ1n) is 5.65. The highest BCUT2D eigenvalue weighted by Gasteiger charge is 2.09. The second-order valence-corrected chi connectivity index (χ2v) is 4.11. The van der Waals surface area contributed by atoms with Crippen molar-refractivity contribution in [1.82, 2.24) is 4.40 Å². The quantitative estimate of drug-likeness (QED) is 0.743. The molecule has 18 heavy (non-hydrogen) atoms. The van der Waals surface area contributed by atoms with Crippen LogP contribution in [0.1, 0.15) is 10.4 Å². The number of fused-ring (bicyclic) bond motifs is 1. The van der Waals surface area contributed by atoms with E-state index in [-0.39, 0.29) is 0 Å². The predicted octanol–water partition coefficient (Wildman–Crippen LogP) is 3.30. The molecule has 3 rings (SSSR count). The van der Waals surface area contributed by atoms with E-state index in [1.165, 1.54) is 0 Å². The first kappa shape index (κ1) is 10.6. The maximum absolute atomic E-state index is 11.0.